The van der Waals surface area contributed by atoms with Crippen LogP contribution in [0.4, 0.5) is 0 Å². The molecule has 0 aromatic rings. The lowest BCUT2D eigenvalue weighted by Crippen LogP contribution is -2.53. The van der Waals surface area contributed by atoms with Gasteiger partial charge in [0.05, 0.1) is 5.60 Å². The summed E-state index contributed by atoms with van der Waals surface area (Å²) >= 11 is 0. The van der Waals surface area contributed by atoms with Crippen LogP contribution in [0, 0.1) is 0 Å². The zero-order chi connectivity index (χ0) is 12.3. The Morgan fingerprint density at radius 3 is 2.76 bits per heavy atom. The van der Waals surface area contributed by atoms with Crippen LogP contribution in [0.3, 0.4) is 0 Å². The first-order chi connectivity index (χ1) is 8.09. The molecule has 17 heavy (non-hydrogen) atoms. The van der Waals surface area contributed by atoms with Crippen molar-refractivity contribution in [3.05, 3.63) is 0 Å². The van der Waals surface area contributed by atoms with Crippen LogP contribution in [-0.4, -0.2) is 73.4 Å². The summed E-state index contributed by atoms with van der Waals surface area (Å²) in [6.45, 7) is 5.10. The second kappa shape index (κ2) is 5.65. The predicted molar refractivity (Wildman–Crippen MR) is 70.2 cm³/mol. The highest BCUT2D eigenvalue weighted by atomic mass is 16.3. The fraction of sp³-hybridized carbons (Fsp3) is 1.00. The van der Waals surface area contributed by atoms with Crippen LogP contribution in [0.25, 0.3) is 0 Å². The van der Waals surface area contributed by atoms with Gasteiger partial charge in [-0.1, -0.05) is 0 Å². The fourth-order valence-corrected chi connectivity index (χ4v) is 3.14. The molecule has 2 rings (SSSR count). The first kappa shape index (κ1) is 13.3. The van der Waals surface area contributed by atoms with Gasteiger partial charge in [0, 0.05) is 19.1 Å². The summed E-state index contributed by atoms with van der Waals surface area (Å²) in [7, 11) is 4.36. The average Bonchev–Trinajstić information content (AvgIpc) is 2.29. The van der Waals surface area contributed by atoms with Gasteiger partial charge in [0.25, 0.3) is 0 Å². The molecule has 1 atom stereocenters. The zero-order valence-electron chi connectivity index (χ0n) is 11.3. The molecule has 2 saturated heterocycles. The standard InChI is InChI=1S/C13H27N3O/c1-15-9-3-4-12(10-15)16(2)11-13(17)5-7-14-8-6-13/h12,14,17H,3-11H2,1-2H3. The first-order valence-electron chi connectivity index (χ1n) is 6.91. The van der Waals surface area contributed by atoms with Crippen LogP contribution < -0.4 is 5.32 Å². The van der Waals surface area contributed by atoms with Gasteiger partial charge in [0.15, 0.2) is 0 Å². The average molecular weight is 241 g/mol. The van der Waals surface area contributed by atoms with Crippen LogP contribution in [0.15, 0.2) is 0 Å². The van der Waals surface area contributed by atoms with E-state index in [1.807, 2.05) is 0 Å². The van der Waals surface area contributed by atoms with Crippen molar-refractivity contribution >= 4 is 0 Å². The lowest BCUT2D eigenvalue weighted by molar-refractivity contribution is -0.0303. The van der Waals surface area contributed by atoms with E-state index in [2.05, 4.69) is 29.2 Å². The number of hydrogen-bond donors (Lipinski definition) is 2. The second-order valence-electron chi connectivity index (χ2n) is 5.95. The third kappa shape index (κ3) is 3.65. The molecular formula is C13H27N3O. The van der Waals surface area contributed by atoms with Crippen LogP contribution in [0.2, 0.25) is 0 Å². The molecule has 1 unspecified atom stereocenters. The minimum absolute atomic E-state index is 0.462. The molecule has 0 radical (unpaired) electrons. The van der Waals surface area contributed by atoms with E-state index in [4.69, 9.17) is 0 Å². The van der Waals surface area contributed by atoms with E-state index in [0.29, 0.717) is 6.04 Å². The highest BCUT2D eigenvalue weighted by Gasteiger charge is 2.32. The molecule has 2 N–H and O–H groups in total. The molecule has 0 aliphatic carbocycles. The van der Waals surface area contributed by atoms with Gasteiger partial charge in [-0.25, -0.2) is 0 Å². The monoisotopic (exact) mass is 241 g/mol. The number of nitrogens with zero attached hydrogens (tertiary/aromatic N) is 2. The molecule has 4 heteroatoms. The topological polar surface area (TPSA) is 38.7 Å². The maximum Gasteiger partial charge on any atom is 0.0798 e. The number of aliphatic hydroxyl groups is 1. The molecule has 0 saturated carbocycles. The number of rotatable bonds is 3. The smallest absolute Gasteiger partial charge is 0.0798 e. The Bertz CT molecular complexity index is 241. The molecule has 0 aromatic heterocycles. The summed E-state index contributed by atoms with van der Waals surface area (Å²) in [5.74, 6) is 0. The number of likely N-dealkylation sites (tertiary alicyclic amines) is 1. The molecule has 0 amide bonds. The lowest BCUT2D eigenvalue weighted by Gasteiger charge is -2.41. The Kier molecular flexibility index (Phi) is 4.42. The van der Waals surface area contributed by atoms with E-state index >= 15 is 0 Å². The van der Waals surface area contributed by atoms with Crippen LogP contribution in [-0.2, 0) is 0 Å². The van der Waals surface area contributed by atoms with E-state index in [-0.39, 0.29) is 0 Å². The van der Waals surface area contributed by atoms with Crippen molar-refractivity contribution in [3.63, 3.8) is 0 Å². The van der Waals surface area contributed by atoms with Crippen molar-refractivity contribution in [2.75, 3.05) is 46.8 Å². The minimum atomic E-state index is -0.462. The molecule has 2 heterocycles. The van der Waals surface area contributed by atoms with Crippen molar-refractivity contribution in [1.29, 1.82) is 0 Å². The highest BCUT2D eigenvalue weighted by Crippen LogP contribution is 2.22. The lowest BCUT2D eigenvalue weighted by atomic mass is 9.91. The van der Waals surface area contributed by atoms with Crippen LogP contribution in [0.1, 0.15) is 25.7 Å². The van der Waals surface area contributed by atoms with E-state index in [0.717, 1.165) is 39.0 Å². The Balaban J connectivity index is 1.84. The molecule has 0 aromatic carbocycles. The summed E-state index contributed by atoms with van der Waals surface area (Å²) in [4.78, 5) is 4.78. The molecule has 2 aliphatic heterocycles. The van der Waals surface area contributed by atoms with Gasteiger partial charge in [0.2, 0.25) is 0 Å². The van der Waals surface area contributed by atoms with Gasteiger partial charge in [-0.15, -0.1) is 0 Å². The normalized spacial score (nSPS) is 30.7. The minimum Gasteiger partial charge on any atom is -0.388 e. The van der Waals surface area contributed by atoms with Gasteiger partial charge >= 0.3 is 0 Å². The molecule has 0 bridgehead atoms. The SMILES string of the molecule is CN1CCCC(N(C)CC2(O)CCNCC2)C1. The quantitative estimate of drug-likeness (QED) is 0.736. The van der Waals surface area contributed by atoms with Gasteiger partial charge in [-0.3, -0.25) is 4.90 Å². The Morgan fingerprint density at radius 2 is 2.12 bits per heavy atom. The van der Waals surface area contributed by atoms with Crippen molar-refractivity contribution in [2.24, 2.45) is 0 Å². The third-order valence-corrected chi connectivity index (χ3v) is 4.30. The number of likely N-dealkylation sites (N-methyl/N-ethyl adjacent to an activating group) is 2. The number of hydrogen-bond acceptors (Lipinski definition) is 4. The summed E-state index contributed by atoms with van der Waals surface area (Å²) in [6.07, 6.45) is 4.33. The van der Waals surface area contributed by atoms with Crippen molar-refractivity contribution < 1.29 is 5.11 Å². The highest BCUT2D eigenvalue weighted by molar-refractivity contribution is 4.89. The molecule has 100 valence electrons. The number of piperidine rings is 2. The largest absolute Gasteiger partial charge is 0.388 e. The number of nitrogens with one attached hydrogen (secondary N) is 1. The van der Waals surface area contributed by atoms with Crippen molar-refractivity contribution in [2.45, 2.75) is 37.3 Å². The summed E-state index contributed by atoms with van der Waals surface area (Å²) in [6, 6.07) is 0.618. The zero-order valence-corrected chi connectivity index (χ0v) is 11.3. The van der Waals surface area contributed by atoms with Crippen LogP contribution in [0.5, 0.6) is 0 Å². The summed E-state index contributed by atoms with van der Waals surface area (Å²) < 4.78 is 0. The van der Waals surface area contributed by atoms with E-state index in [9.17, 15) is 5.11 Å². The van der Waals surface area contributed by atoms with Crippen LogP contribution >= 0.6 is 0 Å². The molecular weight excluding hydrogens is 214 g/mol. The maximum absolute atomic E-state index is 10.5. The van der Waals surface area contributed by atoms with Gasteiger partial charge < -0.3 is 15.3 Å². The predicted octanol–water partition coefficient (Wildman–Crippen LogP) is 0.127. The molecule has 2 fully saturated rings. The first-order valence-corrected chi connectivity index (χ1v) is 6.91. The van der Waals surface area contributed by atoms with Gasteiger partial charge in [-0.2, -0.15) is 0 Å². The van der Waals surface area contributed by atoms with E-state index in [1.165, 1.54) is 19.4 Å². The Hall–Kier alpha value is -0.160. The maximum atomic E-state index is 10.5. The molecule has 2 aliphatic rings. The third-order valence-electron chi connectivity index (χ3n) is 4.30. The summed E-state index contributed by atoms with van der Waals surface area (Å²) in [5, 5.41) is 13.9. The molecule has 4 nitrogen and oxygen atoms in total. The van der Waals surface area contributed by atoms with Gasteiger partial charge in [-0.05, 0) is 59.4 Å². The van der Waals surface area contributed by atoms with Crippen molar-refractivity contribution in [3.8, 4) is 0 Å². The fourth-order valence-electron chi connectivity index (χ4n) is 3.14. The van der Waals surface area contributed by atoms with Crippen molar-refractivity contribution in [1.82, 2.24) is 15.1 Å². The Labute approximate surface area is 105 Å². The summed E-state index contributed by atoms with van der Waals surface area (Å²) in [5.41, 5.74) is -0.462. The van der Waals surface area contributed by atoms with Gasteiger partial charge in [0.1, 0.15) is 0 Å². The molecule has 0 spiro atoms. The van der Waals surface area contributed by atoms with E-state index < -0.39 is 5.60 Å². The second-order valence-corrected chi connectivity index (χ2v) is 5.95. The Morgan fingerprint density at radius 1 is 1.41 bits per heavy atom. The van der Waals surface area contributed by atoms with E-state index in [1.54, 1.807) is 0 Å².